The molecule has 0 aromatic heterocycles. The molecule has 9 heteroatoms. The van der Waals surface area contributed by atoms with Crippen molar-refractivity contribution >= 4 is 45.5 Å². The Morgan fingerprint density at radius 1 is 1.21 bits per heavy atom. The van der Waals surface area contributed by atoms with Crippen LogP contribution in [0, 0.1) is 22.4 Å². The van der Waals surface area contributed by atoms with Crippen molar-refractivity contribution in [3.63, 3.8) is 0 Å². The average Bonchev–Trinajstić information content (AvgIpc) is 3.09. The first-order valence-corrected chi connectivity index (χ1v) is 9.06. The third-order valence-electron chi connectivity index (χ3n) is 4.22. The van der Waals surface area contributed by atoms with E-state index < -0.39 is 10.8 Å². The van der Waals surface area contributed by atoms with Gasteiger partial charge in [-0.1, -0.05) is 36.4 Å². The number of hydrazone groups is 1. The zero-order chi connectivity index (χ0) is 19.8. The number of nitro benzene ring substituents is 1. The van der Waals surface area contributed by atoms with Crippen molar-refractivity contribution in [1.29, 1.82) is 5.41 Å². The number of hydrogen-bond acceptors (Lipinski definition) is 6. The van der Waals surface area contributed by atoms with E-state index in [1.807, 2.05) is 31.2 Å². The van der Waals surface area contributed by atoms with Crippen LogP contribution >= 0.6 is 11.8 Å². The Balaban J connectivity index is 1.70. The third kappa shape index (κ3) is 3.12. The molecule has 0 aliphatic carbocycles. The van der Waals surface area contributed by atoms with Crippen molar-refractivity contribution in [3.8, 4) is 0 Å². The van der Waals surface area contributed by atoms with Crippen LogP contribution in [0.4, 0.5) is 5.69 Å². The number of amides is 1. The number of fused-ring (bicyclic) bond motifs is 1. The summed E-state index contributed by atoms with van der Waals surface area (Å²) in [7, 11) is 0. The van der Waals surface area contributed by atoms with Crippen LogP contribution in [0.1, 0.15) is 16.7 Å². The van der Waals surface area contributed by atoms with Gasteiger partial charge in [-0.15, -0.1) is 0 Å². The molecule has 138 valence electrons. The molecule has 0 bridgehead atoms. The average molecular weight is 391 g/mol. The molecular weight excluding hydrogens is 378 g/mol. The molecule has 4 rings (SSSR count). The number of rotatable bonds is 3. The molecule has 2 aromatic rings. The number of non-ortho nitro benzene ring substituents is 1. The fourth-order valence-corrected chi connectivity index (χ4v) is 3.79. The van der Waals surface area contributed by atoms with Gasteiger partial charge in [-0.25, -0.2) is 0 Å². The minimum Gasteiger partial charge on any atom is -0.282 e. The lowest BCUT2D eigenvalue weighted by atomic mass is 10.1. The normalized spacial score (nSPS) is 17.5. The summed E-state index contributed by atoms with van der Waals surface area (Å²) in [5.41, 5.74) is 2.31. The summed E-state index contributed by atoms with van der Waals surface area (Å²) in [4.78, 5) is 26.9. The molecule has 8 nitrogen and oxygen atoms in total. The van der Waals surface area contributed by atoms with Gasteiger partial charge < -0.3 is 0 Å². The summed E-state index contributed by atoms with van der Waals surface area (Å²) in [6.45, 7) is 1.96. The summed E-state index contributed by atoms with van der Waals surface area (Å²) in [6.07, 6.45) is 1.42. The van der Waals surface area contributed by atoms with E-state index in [0.717, 1.165) is 11.1 Å². The lowest BCUT2D eigenvalue weighted by molar-refractivity contribution is -0.384. The Morgan fingerprint density at radius 2 is 2.00 bits per heavy atom. The minimum absolute atomic E-state index is 0.0274. The first kappa shape index (κ1) is 17.8. The zero-order valence-corrected chi connectivity index (χ0v) is 15.4. The highest BCUT2D eigenvalue weighted by molar-refractivity contribution is 8.27. The summed E-state index contributed by atoms with van der Waals surface area (Å²) in [5, 5.41) is 26.1. The smallest absolute Gasteiger partial charge is 0.282 e. The number of nitro groups is 1. The van der Waals surface area contributed by atoms with E-state index in [0.29, 0.717) is 15.8 Å². The number of aryl methyl sites for hydroxylation is 1. The number of aliphatic imine (C=N–C) groups is 1. The zero-order valence-electron chi connectivity index (χ0n) is 14.6. The molecular formula is C19H13N5O3S. The van der Waals surface area contributed by atoms with E-state index in [1.54, 1.807) is 6.07 Å². The Hall–Kier alpha value is -3.59. The van der Waals surface area contributed by atoms with Gasteiger partial charge in [-0.2, -0.15) is 15.1 Å². The second-order valence-corrected chi connectivity index (χ2v) is 7.05. The Morgan fingerprint density at radius 3 is 2.75 bits per heavy atom. The number of hydrogen-bond donors (Lipinski definition) is 1. The lowest BCUT2D eigenvalue weighted by Gasteiger charge is -2.20. The monoisotopic (exact) mass is 391 g/mol. The largest absolute Gasteiger partial charge is 0.283 e. The first-order valence-electron chi connectivity index (χ1n) is 8.25. The molecule has 1 N–H and O–H groups in total. The number of benzene rings is 2. The van der Waals surface area contributed by atoms with E-state index in [2.05, 4.69) is 10.1 Å². The SMILES string of the molecule is Cc1ccccc1C1=NN2C(=N)/C(=C/c3cccc([N+](=O)[O-])c3)C(=O)N=C2S1. The predicted octanol–water partition coefficient (Wildman–Crippen LogP) is 3.57. The fraction of sp³-hybridized carbons (Fsp3) is 0.0526. The molecule has 0 radical (unpaired) electrons. The molecule has 0 saturated carbocycles. The molecule has 2 aromatic carbocycles. The van der Waals surface area contributed by atoms with Crippen LogP contribution in [-0.4, -0.2) is 31.9 Å². The van der Waals surface area contributed by atoms with Gasteiger partial charge in [0.15, 0.2) is 5.84 Å². The molecule has 0 fully saturated rings. The van der Waals surface area contributed by atoms with E-state index in [9.17, 15) is 14.9 Å². The minimum atomic E-state index is -0.573. The maximum absolute atomic E-state index is 12.5. The molecule has 28 heavy (non-hydrogen) atoms. The number of thioether (sulfide) groups is 1. The van der Waals surface area contributed by atoms with Crippen molar-refractivity contribution in [1.82, 2.24) is 5.01 Å². The van der Waals surface area contributed by atoms with Crippen LogP contribution in [0.5, 0.6) is 0 Å². The van der Waals surface area contributed by atoms with Gasteiger partial charge in [-0.05, 0) is 35.9 Å². The Labute approximate surface area is 163 Å². The molecule has 1 amide bonds. The van der Waals surface area contributed by atoms with E-state index in [1.165, 1.54) is 41.0 Å². The molecule has 2 heterocycles. The Bertz CT molecular complexity index is 1140. The van der Waals surface area contributed by atoms with Crippen LogP contribution in [0.2, 0.25) is 0 Å². The van der Waals surface area contributed by atoms with Gasteiger partial charge in [-0.3, -0.25) is 20.3 Å². The first-order chi connectivity index (χ1) is 13.4. The van der Waals surface area contributed by atoms with Crippen molar-refractivity contribution < 1.29 is 9.72 Å². The maximum atomic E-state index is 12.5. The van der Waals surface area contributed by atoms with Crippen LogP contribution in [0.15, 0.2) is 64.2 Å². The number of carbonyl (C=O) groups is 1. The van der Waals surface area contributed by atoms with Gasteiger partial charge in [0.25, 0.3) is 11.6 Å². The van der Waals surface area contributed by atoms with Crippen molar-refractivity contribution in [2.24, 2.45) is 10.1 Å². The highest BCUT2D eigenvalue weighted by Crippen LogP contribution is 2.31. The maximum Gasteiger partial charge on any atom is 0.283 e. The topological polar surface area (TPSA) is 112 Å². The quantitative estimate of drug-likeness (QED) is 0.488. The number of amidine groups is 2. The summed E-state index contributed by atoms with van der Waals surface area (Å²) in [6, 6.07) is 13.6. The van der Waals surface area contributed by atoms with Crippen LogP contribution in [0.25, 0.3) is 6.08 Å². The lowest BCUT2D eigenvalue weighted by Crippen LogP contribution is -2.35. The molecule has 0 atom stereocenters. The highest BCUT2D eigenvalue weighted by Gasteiger charge is 2.36. The van der Waals surface area contributed by atoms with Gasteiger partial charge >= 0.3 is 0 Å². The standard InChI is InChI=1S/C19H13N5O3S/c1-11-5-2-3-8-14(11)18-22-23-16(20)15(17(25)21-19(23)28-18)10-12-6-4-7-13(9-12)24(26)27/h2-10,20H,1H3/b15-10-,20-16?. The van der Waals surface area contributed by atoms with Crippen molar-refractivity contribution in [2.45, 2.75) is 6.92 Å². The highest BCUT2D eigenvalue weighted by atomic mass is 32.2. The van der Waals surface area contributed by atoms with E-state index in [-0.39, 0.29) is 17.1 Å². The molecule has 0 unspecified atom stereocenters. The molecule has 2 aliphatic rings. The van der Waals surface area contributed by atoms with E-state index >= 15 is 0 Å². The van der Waals surface area contributed by atoms with Crippen LogP contribution in [0.3, 0.4) is 0 Å². The van der Waals surface area contributed by atoms with Crippen molar-refractivity contribution in [3.05, 3.63) is 80.9 Å². The predicted molar refractivity (Wildman–Crippen MR) is 108 cm³/mol. The second-order valence-electron chi connectivity index (χ2n) is 6.09. The number of nitrogens with one attached hydrogen (secondary N) is 1. The summed E-state index contributed by atoms with van der Waals surface area (Å²) in [5.74, 6) is -0.686. The fourth-order valence-electron chi connectivity index (χ4n) is 2.81. The van der Waals surface area contributed by atoms with Crippen LogP contribution in [-0.2, 0) is 4.79 Å². The third-order valence-corrected chi connectivity index (χ3v) is 5.16. The Kier molecular flexibility index (Phi) is 4.36. The van der Waals surface area contributed by atoms with E-state index in [4.69, 9.17) is 5.41 Å². The van der Waals surface area contributed by atoms with Crippen LogP contribution < -0.4 is 0 Å². The molecule has 0 saturated heterocycles. The number of carbonyl (C=O) groups excluding carboxylic acids is 1. The van der Waals surface area contributed by atoms with Gasteiger partial charge in [0, 0.05) is 17.7 Å². The van der Waals surface area contributed by atoms with Crippen molar-refractivity contribution in [2.75, 3.05) is 0 Å². The second kappa shape index (κ2) is 6.86. The molecule has 0 spiro atoms. The molecule has 2 aliphatic heterocycles. The van der Waals surface area contributed by atoms with Gasteiger partial charge in [0.1, 0.15) is 5.04 Å². The summed E-state index contributed by atoms with van der Waals surface area (Å²) < 4.78 is 0. The van der Waals surface area contributed by atoms with Gasteiger partial charge in [0.2, 0.25) is 5.17 Å². The number of nitrogens with zero attached hydrogens (tertiary/aromatic N) is 4. The summed E-state index contributed by atoms with van der Waals surface area (Å²) >= 11 is 1.23. The van der Waals surface area contributed by atoms with Gasteiger partial charge in [0.05, 0.1) is 10.5 Å².